The largest absolute Gasteiger partial charge is 0.336 e. The van der Waals surface area contributed by atoms with Crippen molar-refractivity contribution in [3.63, 3.8) is 0 Å². The molecule has 0 aromatic carbocycles. The van der Waals surface area contributed by atoms with Gasteiger partial charge in [0.2, 0.25) is 0 Å². The lowest BCUT2D eigenvalue weighted by atomic mass is 10.1. The molecule has 4 N–H and O–H groups in total. The summed E-state index contributed by atoms with van der Waals surface area (Å²) in [5, 5.41) is 10.7. The van der Waals surface area contributed by atoms with Crippen LogP contribution < -0.4 is 21.3 Å². The summed E-state index contributed by atoms with van der Waals surface area (Å²) in [6, 6.07) is -0.310. The molecule has 4 amide bonds. The fourth-order valence-corrected chi connectivity index (χ4v) is 1.43. The molecule has 66 valence electrons. The average Bonchev–Trinajstić information content (AvgIpc) is 2.58. The first kappa shape index (κ1) is 7.20. The zero-order chi connectivity index (χ0) is 8.55. The van der Waals surface area contributed by atoms with Gasteiger partial charge in [-0.2, -0.15) is 0 Å². The van der Waals surface area contributed by atoms with Crippen molar-refractivity contribution < 1.29 is 9.59 Å². The summed E-state index contributed by atoms with van der Waals surface area (Å²) in [4.78, 5) is 21.5. The van der Waals surface area contributed by atoms with Crippen LogP contribution in [0.4, 0.5) is 9.59 Å². The Kier molecular flexibility index (Phi) is 1.53. The number of amides is 4. The third-order valence-electron chi connectivity index (χ3n) is 2.08. The van der Waals surface area contributed by atoms with E-state index in [1.54, 1.807) is 0 Å². The van der Waals surface area contributed by atoms with Crippen molar-refractivity contribution in [2.24, 2.45) is 0 Å². The molecule has 2 aliphatic rings. The molecule has 2 atom stereocenters. The van der Waals surface area contributed by atoms with Crippen molar-refractivity contribution in [3.05, 3.63) is 0 Å². The van der Waals surface area contributed by atoms with E-state index in [1.807, 2.05) is 0 Å². The highest BCUT2D eigenvalue weighted by Crippen LogP contribution is 2.00. The maximum absolute atomic E-state index is 10.7. The maximum atomic E-state index is 10.7. The number of rotatable bonds is 1. The first-order chi connectivity index (χ1) is 5.75. The summed E-state index contributed by atoms with van der Waals surface area (Å²) in [6.45, 7) is 1.15. The SMILES string of the molecule is O=C1NCC(C2CNC(=O)N2)N1. The minimum Gasteiger partial charge on any atom is -0.336 e. The molecule has 2 unspecified atom stereocenters. The van der Waals surface area contributed by atoms with Crippen molar-refractivity contribution in [1.82, 2.24) is 21.3 Å². The Morgan fingerprint density at radius 1 is 0.917 bits per heavy atom. The average molecular weight is 170 g/mol. The van der Waals surface area contributed by atoms with Gasteiger partial charge < -0.3 is 21.3 Å². The van der Waals surface area contributed by atoms with Crippen LogP contribution in [0.1, 0.15) is 0 Å². The van der Waals surface area contributed by atoms with Crippen LogP contribution in [0.2, 0.25) is 0 Å². The molecule has 0 bridgehead atoms. The molecule has 2 rings (SSSR count). The summed E-state index contributed by atoms with van der Waals surface area (Å²) in [6.07, 6.45) is 0. The Labute approximate surface area is 69.1 Å². The second-order valence-electron chi connectivity index (χ2n) is 2.92. The topological polar surface area (TPSA) is 82.3 Å². The third-order valence-corrected chi connectivity index (χ3v) is 2.08. The Morgan fingerprint density at radius 3 is 1.58 bits per heavy atom. The van der Waals surface area contributed by atoms with Gasteiger partial charge in [0.1, 0.15) is 0 Å². The molecule has 2 saturated heterocycles. The predicted molar refractivity (Wildman–Crippen MR) is 40.6 cm³/mol. The molecule has 2 heterocycles. The molecule has 2 fully saturated rings. The molecule has 2 aliphatic heterocycles. The van der Waals surface area contributed by atoms with Crippen molar-refractivity contribution in [1.29, 1.82) is 0 Å². The van der Waals surface area contributed by atoms with E-state index in [0.717, 1.165) is 0 Å². The minimum absolute atomic E-state index is 0.0106. The van der Waals surface area contributed by atoms with Gasteiger partial charge in [0, 0.05) is 13.1 Å². The fraction of sp³-hybridized carbons (Fsp3) is 0.667. The van der Waals surface area contributed by atoms with Crippen molar-refractivity contribution in [3.8, 4) is 0 Å². The number of urea groups is 2. The molecular weight excluding hydrogens is 160 g/mol. The van der Waals surface area contributed by atoms with E-state index < -0.39 is 0 Å². The molecule has 0 radical (unpaired) electrons. The zero-order valence-electron chi connectivity index (χ0n) is 6.39. The van der Waals surface area contributed by atoms with Gasteiger partial charge in [-0.3, -0.25) is 0 Å². The van der Waals surface area contributed by atoms with Crippen LogP contribution in [0.3, 0.4) is 0 Å². The van der Waals surface area contributed by atoms with Gasteiger partial charge in [0.25, 0.3) is 0 Å². The third kappa shape index (κ3) is 1.15. The lowest BCUT2D eigenvalue weighted by Crippen LogP contribution is -2.45. The predicted octanol–water partition coefficient (Wildman–Crippen LogP) is -1.65. The molecule has 0 aliphatic carbocycles. The lowest BCUT2D eigenvalue weighted by Gasteiger charge is -2.14. The van der Waals surface area contributed by atoms with E-state index in [1.165, 1.54) is 0 Å². The summed E-state index contributed by atoms with van der Waals surface area (Å²) in [7, 11) is 0. The first-order valence-corrected chi connectivity index (χ1v) is 3.84. The number of carbonyl (C=O) groups excluding carboxylic acids is 2. The number of hydrogen-bond acceptors (Lipinski definition) is 2. The van der Waals surface area contributed by atoms with Crippen LogP contribution in [-0.2, 0) is 0 Å². The molecular formula is C6H10N4O2. The Balaban J connectivity index is 1.93. The summed E-state index contributed by atoms with van der Waals surface area (Å²) >= 11 is 0. The van der Waals surface area contributed by atoms with E-state index in [0.29, 0.717) is 13.1 Å². The number of carbonyl (C=O) groups is 2. The molecule has 12 heavy (non-hydrogen) atoms. The molecule has 6 heteroatoms. The minimum atomic E-state index is -0.166. The van der Waals surface area contributed by atoms with Gasteiger partial charge in [0.15, 0.2) is 0 Å². The fourth-order valence-electron chi connectivity index (χ4n) is 1.43. The normalized spacial score (nSPS) is 33.7. The van der Waals surface area contributed by atoms with Gasteiger partial charge >= 0.3 is 12.1 Å². The number of hydrogen-bond donors (Lipinski definition) is 4. The van der Waals surface area contributed by atoms with Crippen molar-refractivity contribution in [2.75, 3.05) is 13.1 Å². The summed E-state index contributed by atoms with van der Waals surface area (Å²) in [5.74, 6) is 0. The van der Waals surface area contributed by atoms with Gasteiger partial charge in [-0.25, -0.2) is 9.59 Å². The van der Waals surface area contributed by atoms with Gasteiger partial charge in [-0.15, -0.1) is 0 Å². The maximum Gasteiger partial charge on any atom is 0.315 e. The van der Waals surface area contributed by atoms with E-state index in [2.05, 4.69) is 21.3 Å². The zero-order valence-corrected chi connectivity index (χ0v) is 6.39. The quantitative estimate of drug-likeness (QED) is 0.380. The summed E-state index contributed by atoms with van der Waals surface area (Å²) in [5.41, 5.74) is 0. The van der Waals surface area contributed by atoms with Crippen LogP contribution in [0.15, 0.2) is 0 Å². The van der Waals surface area contributed by atoms with Gasteiger partial charge in [-0.05, 0) is 0 Å². The van der Waals surface area contributed by atoms with Gasteiger partial charge in [0.05, 0.1) is 12.1 Å². The van der Waals surface area contributed by atoms with Crippen molar-refractivity contribution in [2.45, 2.75) is 12.1 Å². The van der Waals surface area contributed by atoms with E-state index >= 15 is 0 Å². The highest BCUT2D eigenvalue weighted by molar-refractivity contribution is 5.79. The smallest absolute Gasteiger partial charge is 0.315 e. The number of nitrogens with one attached hydrogen (secondary N) is 4. The monoisotopic (exact) mass is 170 g/mol. The van der Waals surface area contributed by atoms with Crippen molar-refractivity contribution >= 4 is 12.1 Å². The lowest BCUT2D eigenvalue weighted by molar-refractivity contribution is 0.244. The van der Waals surface area contributed by atoms with Crippen LogP contribution in [0.5, 0.6) is 0 Å². The Hall–Kier alpha value is -1.46. The highest BCUT2D eigenvalue weighted by Gasteiger charge is 2.32. The van der Waals surface area contributed by atoms with Crippen LogP contribution >= 0.6 is 0 Å². The Bertz CT molecular complexity index is 206. The van der Waals surface area contributed by atoms with E-state index in [-0.39, 0.29) is 24.1 Å². The molecule has 6 nitrogen and oxygen atoms in total. The molecule has 0 spiro atoms. The second kappa shape index (κ2) is 2.54. The Morgan fingerprint density at radius 2 is 1.33 bits per heavy atom. The molecule has 0 aromatic rings. The highest BCUT2D eigenvalue weighted by atomic mass is 16.2. The van der Waals surface area contributed by atoms with Crippen LogP contribution in [-0.4, -0.2) is 37.2 Å². The molecule has 0 saturated carbocycles. The first-order valence-electron chi connectivity index (χ1n) is 3.84. The van der Waals surface area contributed by atoms with E-state index in [9.17, 15) is 9.59 Å². The summed E-state index contributed by atoms with van der Waals surface area (Å²) < 4.78 is 0. The second-order valence-corrected chi connectivity index (χ2v) is 2.92. The van der Waals surface area contributed by atoms with E-state index in [4.69, 9.17) is 0 Å². The molecule has 0 aromatic heterocycles. The standard InChI is InChI=1S/C6H10N4O2/c11-5-7-1-3(9-5)4-2-8-6(12)10-4/h3-4H,1-2H2,(H2,7,9,11)(H2,8,10,12). The van der Waals surface area contributed by atoms with Gasteiger partial charge in [-0.1, -0.05) is 0 Å². The van der Waals surface area contributed by atoms with Crippen LogP contribution in [0, 0.1) is 0 Å². The van der Waals surface area contributed by atoms with Crippen LogP contribution in [0.25, 0.3) is 0 Å².